The summed E-state index contributed by atoms with van der Waals surface area (Å²) in [7, 11) is 0. The smallest absolute Gasteiger partial charge is 0.870 e. The van der Waals surface area contributed by atoms with E-state index in [1.807, 2.05) is 0 Å². The number of hydrogen-bond acceptors (Lipinski definition) is 6. The van der Waals surface area contributed by atoms with Crippen LogP contribution in [-0.2, 0) is 31.3 Å². The molecule has 7 heteroatoms. The van der Waals surface area contributed by atoms with Gasteiger partial charge >= 0.3 is 21.7 Å². The summed E-state index contributed by atoms with van der Waals surface area (Å²) in [4.78, 5) is 17.8. The summed E-state index contributed by atoms with van der Waals surface area (Å²) < 4.78 is 0. The first-order chi connectivity index (χ1) is 3.46. The molecule has 0 saturated carbocycles. The zero-order valence-corrected chi connectivity index (χ0v) is 7.59. The molecule has 0 amide bonds. The number of rotatable bonds is 0. The normalized spacial score (nSPS) is 4.55. The van der Waals surface area contributed by atoms with Gasteiger partial charge in [-0.15, -0.1) is 0 Å². The summed E-state index contributed by atoms with van der Waals surface area (Å²) >= 11 is 0. The second kappa shape index (κ2) is 22.7. The van der Waals surface area contributed by atoms with E-state index in [4.69, 9.17) is 19.8 Å². The van der Waals surface area contributed by atoms with Crippen LogP contribution in [-0.4, -0.2) is 22.9 Å². The minimum absolute atomic E-state index is 0. The van der Waals surface area contributed by atoms with Gasteiger partial charge in [0.1, 0.15) is 0 Å². The van der Waals surface area contributed by atoms with Crippen LogP contribution in [0.2, 0.25) is 0 Å². The summed E-state index contributed by atoms with van der Waals surface area (Å²) in [5.41, 5.74) is 0. The van der Waals surface area contributed by atoms with Gasteiger partial charge in [0.15, 0.2) is 0 Å². The van der Waals surface area contributed by atoms with Gasteiger partial charge in [0.25, 0.3) is 0 Å². The van der Waals surface area contributed by atoms with Crippen molar-refractivity contribution in [1.29, 1.82) is 0 Å². The van der Waals surface area contributed by atoms with Crippen molar-refractivity contribution in [3.8, 4) is 0 Å². The van der Waals surface area contributed by atoms with E-state index < -0.39 is 11.9 Å². The average Bonchev–Trinajstić information content (AvgIpc) is 1.25. The summed E-state index contributed by atoms with van der Waals surface area (Å²) in [6, 6.07) is 0. The molecule has 0 bridgehead atoms. The summed E-state index contributed by atoms with van der Waals surface area (Å²) in [5.74, 6) is -2.17. The molecule has 0 aromatic heterocycles. The minimum atomic E-state index is -1.08. The van der Waals surface area contributed by atoms with Crippen LogP contribution in [0.3, 0.4) is 0 Å². The first-order valence-electron chi connectivity index (χ1n) is 1.82. The molecule has 0 saturated heterocycles. The van der Waals surface area contributed by atoms with Gasteiger partial charge in [-0.2, -0.15) is 0 Å². The number of carboxylic acid groups (broad SMARTS) is 2. The predicted octanol–water partition coefficient (Wildman–Crippen LogP) is -2.84. The predicted molar refractivity (Wildman–Crippen MR) is 25.2 cm³/mol. The maximum absolute atomic E-state index is 8.89. The van der Waals surface area contributed by atoms with Crippen molar-refractivity contribution in [1.82, 2.24) is 0 Å². The Bertz CT molecular complexity index is 72.6. The van der Waals surface area contributed by atoms with Crippen LogP contribution in [0.4, 0.5) is 0 Å². The Kier molecular flexibility index (Phi) is 64.2. The number of hydrogen-bond donors (Lipinski definition) is 0. The molecule has 0 aliphatic rings. The van der Waals surface area contributed by atoms with E-state index in [1.165, 1.54) is 0 Å². The standard InChI is InChI=1S/2C2H4O2.2H2O.Ti/c2*1-2(3)4;;;/h2*1H3,(H,3,4);2*1H2;/q;;;;+4/p-4. The molecule has 0 radical (unpaired) electrons. The molecule has 0 aromatic rings. The van der Waals surface area contributed by atoms with Gasteiger partial charge in [-0.3, -0.25) is 0 Å². The minimum Gasteiger partial charge on any atom is -0.870 e. The van der Waals surface area contributed by atoms with Crippen molar-refractivity contribution < 1.29 is 52.5 Å². The van der Waals surface area contributed by atoms with Crippen molar-refractivity contribution in [3.05, 3.63) is 0 Å². The summed E-state index contributed by atoms with van der Waals surface area (Å²) in [6.45, 7) is 1.94. The third-order valence-corrected chi connectivity index (χ3v) is 0. The molecule has 0 fully saturated rings. The second-order valence-electron chi connectivity index (χ2n) is 0.983. The van der Waals surface area contributed by atoms with Crippen molar-refractivity contribution in [2.24, 2.45) is 0 Å². The van der Waals surface area contributed by atoms with Gasteiger partial charge in [-0.1, -0.05) is 0 Å². The molecule has 0 aromatic carbocycles. The molecular weight excluding hydrogens is 192 g/mol. The monoisotopic (exact) mass is 200 g/mol. The van der Waals surface area contributed by atoms with Gasteiger partial charge in [-0.25, -0.2) is 0 Å². The van der Waals surface area contributed by atoms with E-state index >= 15 is 0 Å². The van der Waals surface area contributed by atoms with E-state index in [0.717, 1.165) is 13.8 Å². The molecule has 0 spiro atoms. The Labute approximate surface area is 78.7 Å². The molecule has 64 valence electrons. The van der Waals surface area contributed by atoms with E-state index in [1.54, 1.807) is 0 Å². The van der Waals surface area contributed by atoms with Crippen molar-refractivity contribution in [2.75, 3.05) is 0 Å². The molecule has 0 aliphatic heterocycles. The van der Waals surface area contributed by atoms with Gasteiger partial charge in [0, 0.05) is 11.9 Å². The van der Waals surface area contributed by atoms with Crippen molar-refractivity contribution in [2.45, 2.75) is 13.8 Å². The Morgan fingerprint density at radius 2 is 0.909 bits per heavy atom. The third kappa shape index (κ3) is 3030. The Balaban J connectivity index is -0.0000000171. The van der Waals surface area contributed by atoms with E-state index in [0.29, 0.717) is 0 Å². The van der Waals surface area contributed by atoms with Crippen LogP contribution >= 0.6 is 0 Å². The maximum Gasteiger partial charge on any atom is 4.00 e. The largest absolute Gasteiger partial charge is 4.00 e. The zero-order valence-electron chi connectivity index (χ0n) is 6.03. The number of aliphatic carboxylic acids is 2. The van der Waals surface area contributed by atoms with Crippen LogP contribution in [0.1, 0.15) is 13.8 Å². The van der Waals surface area contributed by atoms with Crippen LogP contribution in [0.25, 0.3) is 0 Å². The summed E-state index contributed by atoms with van der Waals surface area (Å²) in [5, 5.41) is 17.8. The zero-order chi connectivity index (χ0) is 7.15. The first-order valence-corrected chi connectivity index (χ1v) is 1.82. The first kappa shape index (κ1) is 31.2. The van der Waals surface area contributed by atoms with Gasteiger partial charge in [0.2, 0.25) is 0 Å². The van der Waals surface area contributed by atoms with Crippen LogP contribution in [0, 0.1) is 0 Å². The molecule has 0 atom stereocenters. The average molecular weight is 200 g/mol. The maximum atomic E-state index is 8.89. The molecule has 6 nitrogen and oxygen atoms in total. The van der Waals surface area contributed by atoms with Gasteiger partial charge in [0.05, 0.1) is 0 Å². The molecule has 0 heterocycles. The molecule has 0 unspecified atom stereocenters. The number of carbonyl (C=O) groups excluding carboxylic acids is 2. The third-order valence-electron chi connectivity index (χ3n) is 0. The Hall–Kier alpha value is -0.426. The molecule has 11 heavy (non-hydrogen) atoms. The quantitative estimate of drug-likeness (QED) is 0.385. The van der Waals surface area contributed by atoms with Crippen LogP contribution in [0.15, 0.2) is 0 Å². The van der Waals surface area contributed by atoms with Crippen molar-refractivity contribution in [3.63, 3.8) is 0 Å². The topological polar surface area (TPSA) is 140 Å². The van der Waals surface area contributed by atoms with Gasteiger partial charge < -0.3 is 30.8 Å². The fraction of sp³-hybridized carbons (Fsp3) is 0.500. The Morgan fingerprint density at radius 3 is 0.909 bits per heavy atom. The molecular formula is C4H8O6Ti. The number of carboxylic acids is 2. The molecule has 0 aliphatic carbocycles. The van der Waals surface area contributed by atoms with E-state index in [2.05, 4.69) is 0 Å². The summed E-state index contributed by atoms with van der Waals surface area (Å²) in [6.07, 6.45) is 0. The Morgan fingerprint density at radius 1 is 0.909 bits per heavy atom. The van der Waals surface area contributed by atoms with Gasteiger partial charge in [-0.05, 0) is 13.8 Å². The molecule has 2 N–H and O–H groups in total. The van der Waals surface area contributed by atoms with E-state index in [9.17, 15) is 0 Å². The SMILES string of the molecule is CC(=O)[O-].CC(=O)[O-].[OH-].[OH-].[Ti+4]. The van der Waals surface area contributed by atoms with Crippen molar-refractivity contribution >= 4 is 11.9 Å². The second-order valence-corrected chi connectivity index (χ2v) is 0.983. The van der Waals surface area contributed by atoms with Crippen LogP contribution in [0.5, 0.6) is 0 Å². The van der Waals surface area contributed by atoms with Crippen LogP contribution < -0.4 is 10.2 Å². The molecule has 0 rings (SSSR count). The fourth-order valence-electron chi connectivity index (χ4n) is 0. The van der Waals surface area contributed by atoms with E-state index in [-0.39, 0.29) is 32.7 Å². The fourth-order valence-corrected chi connectivity index (χ4v) is 0. The number of carbonyl (C=O) groups is 2.